The van der Waals surface area contributed by atoms with Gasteiger partial charge in [-0.15, -0.1) is 6.42 Å². The molecule has 1 N–H and O–H groups in total. The number of aliphatic hydroxyl groups is 1. The monoisotopic (exact) mass is 443 g/mol. The highest BCUT2D eigenvalue weighted by Crippen LogP contribution is 2.48. The van der Waals surface area contributed by atoms with E-state index in [-0.39, 0.29) is 23.7 Å². The Morgan fingerprint density at radius 2 is 1.79 bits per heavy atom. The fraction of sp³-hybridized carbons (Fsp3) is 0.500. The second-order valence-corrected chi connectivity index (χ2v) is 9.90. The van der Waals surface area contributed by atoms with Crippen molar-refractivity contribution in [3.05, 3.63) is 59.3 Å². The predicted molar refractivity (Wildman–Crippen MR) is 130 cm³/mol. The summed E-state index contributed by atoms with van der Waals surface area (Å²) in [7, 11) is 0. The van der Waals surface area contributed by atoms with Crippen LogP contribution in [0.4, 0.5) is 5.82 Å². The van der Waals surface area contributed by atoms with Crippen molar-refractivity contribution < 1.29 is 9.90 Å². The Hall–Kier alpha value is -2.68. The fourth-order valence-corrected chi connectivity index (χ4v) is 6.17. The Balaban J connectivity index is 1.52. The van der Waals surface area contributed by atoms with Gasteiger partial charge in [-0.2, -0.15) is 0 Å². The minimum atomic E-state index is -1.08. The van der Waals surface area contributed by atoms with Crippen molar-refractivity contribution in [3.8, 4) is 12.3 Å². The van der Waals surface area contributed by atoms with Gasteiger partial charge in [-0.05, 0) is 63.2 Å². The normalized spacial score (nSPS) is 29.6. The molecule has 33 heavy (non-hydrogen) atoms. The third-order valence-electron chi connectivity index (χ3n) is 8.09. The van der Waals surface area contributed by atoms with E-state index < -0.39 is 5.60 Å². The van der Waals surface area contributed by atoms with Crippen molar-refractivity contribution in [2.24, 2.45) is 11.8 Å². The number of fused-ring (bicyclic) bond motifs is 3. The lowest BCUT2D eigenvalue weighted by atomic mass is 9.66. The zero-order valence-electron chi connectivity index (χ0n) is 19.4. The molecule has 1 aromatic heterocycles. The minimum Gasteiger partial charge on any atom is -0.382 e. The van der Waals surface area contributed by atoms with Crippen LogP contribution < -0.4 is 4.90 Å². The van der Waals surface area contributed by atoms with Crippen molar-refractivity contribution in [3.63, 3.8) is 0 Å². The number of rotatable bonds is 5. The topological polar surface area (TPSA) is 56.7 Å². The average molecular weight is 444 g/mol. The van der Waals surface area contributed by atoms with Crippen LogP contribution in [0.3, 0.4) is 0 Å². The van der Waals surface area contributed by atoms with Gasteiger partial charge in [0.15, 0.2) is 0 Å². The van der Waals surface area contributed by atoms with Gasteiger partial charge in [0.2, 0.25) is 0 Å². The van der Waals surface area contributed by atoms with Crippen LogP contribution in [0.5, 0.6) is 0 Å². The van der Waals surface area contributed by atoms with Gasteiger partial charge in [-0.3, -0.25) is 9.69 Å². The van der Waals surface area contributed by atoms with Crippen molar-refractivity contribution in [1.82, 2.24) is 9.88 Å². The van der Waals surface area contributed by atoms with Crippen molar-refractivity contribution in [2.45, 2.75) is 50.7 Å². The summed E-state index contributed by atoms with van der Waals surface area (Å²) in [6.07, 6.45) is 10.3. The number of ketones is 1. The summed E-state index contributed by atoms with van der Waals surface area (Å²) < 4.78 is 0. The number of pyridine rings is 1. The fourth-order valence-electron chi connectivity index (χ4n) is 6.17. The highest BCUT2D eigenvalue weighted by molar-refractivity contribution is 5.78. The molecule has 5 nitrogen and oxygen atoms in total. The van der Waals surface area contributed by atoms with Gasteiger partial charge in [0, 0.05) is 31.0 Å². The third kappa shape index (κ3) is 3.96. The molecule has 0 saturated carbocycles. The van der Waals surface area contributed by atoms with Gasteiger partial charge in [0.05, 0.1) is 5.69 Å². The first-order valence-corrected chi connectivity index (χ1v) is 12.2. The molecule has 2 unspecified atom stereocenters. The first-order valence-electron chi connectivity index (χ1n) is 12.2. The van der Waals surface area contributed by atoms with Gasteiger partial charge in [-0.1, -0.05) is 42.3 Å². The van der Waals surface area contributed by atoms with Crippen molar-refractivity contribution in [2.75, 3.05) is 31.1 Å². The SMILES string of the molecule is C#CC1N2CCC(CC2)C1(O)c1ccc(N2CCC(C(C)=O)CC2)nc1Cc1ccccc1. The summed E-state index contributed by atoms with van der Waals surface area (Å²) in [6, 6.07) is 14.1. The summed E-state index contributed by atoms with van der Waals surface area (Å²) >= 11 is 0. The molecule has 2 atom stereocenters. The number of hydrogen-bond donors (Lipinski definition) is 1. The zero-order chi connectivity index (χ0) is 23.0. The first kappa shape index (κ1) is 22.1. The van der Waals surface area contributed by atoms with Crippen LogP contribution in [0.1, 0.15) is 49.4 Å². The van der Waals surface area contributed by atoms with E-state index in [0.717, 1.165) is 68.9 Å². The highest BCUT2D eigenvalue weighted by atomic mass is 16.3. The van der Waals surface area contributed by atoms with Crippen LogP contribution in [-0.2, 0) is 16.8 Å². The molecule has 0 spiro atoms. The minimum absolute atomic E-state index is 0.150. The molecule has 172 valence electrons. The Morgan fingerprint density at radius 1 is 1.09 bits per heavy atom. The maximum absolute atomic E-state index is 12.2. The molecule has 6 rings (SSSR count). The van der Waals surface area contributed by atoms with E-state index in [9.17, 15) is 9.90 Å². The molecule has 2 aromatic rings. The number of carbonyl (C=O) groups is 1. The third-order valence-corrected chi connectivity index (χ3v) is 8.09. The number of terminal acetylenes is 1. The molecule has 4 aliphatic rings. The average Bonchev–Trinajstić information content (AvgIpc) is 2.85. The molecule has 0 aliphatic carbocycles. The molecule has 0 radical (unpaired) electrons. The molecule has 1 aromatic carbocycles. The standard InChI is InChI=1S/C28H33N3O2/c1-3-26-28(33,23-13-17-30(26)18-14-23)24-9-10-27(31-15-11-22(12-16-31)20(2)32)29-25(24)19-21-7-5-4-6-8-21/h1,4-10,22-23,26,33H,11-19H2,2H3. The molecule has 4 aliphatic heterocycles. The van der Waals surface area contributed by atoms with Crippen LogP contribution in [-0.4, -0.2) is 53.0 Å². The smallest absolute Gasteiger partial charge is 0.133 e. The molecule has 2 bridgehead atoms. The van der Waals surface area contributed by atoms with Gasteiger partial charge in [0.25, 0.3) is 0 Å². The number of carbonyl (C=O) groups excluding carboxylic acids is 1. The lowest BCUT2D eigenvalue weighted by Crippen LogP contribution is -2.63. The number of piperidine rings is 4. The zero-order valence-corrected chi connectivity index (χ0v) is 19.4. The van der Waals surface area contributed by atoms with Crippen LogP contribution in [0, 0.1) is 24.2 Å². The number of anilines is 1. The number of benzene rings is 1. The highest BCUT2D eigenvalue weighted by Gasteiger charge is 2.54. The van der Waals surface area contributed by atoms with E-state index in [1.807, 2.05) is 24.3 Å². The van der Waals surface area contributed by atoms with Gasteiger partial charge < -0.3 is 10.0 Å². The van der Waals surface area contributed by atoms with Crippen LogP contribution >= 0.6 is 0 Å². The van der Waals surface area contributed by atoms with Gasteiger partial charge in [0.1, 0.15) is 23.2 Å². The predicted octanol–water partition coefficient (Wildman–Crippen LogP) is 3.39. The molecular formula is C28H33N3O2. The molecule has 4 saturated heterocycles. The number of nitrogens with zero attached hydrogens (tertiary/aromatic N) is 3. The van der Waals surface area contributed by atoms with Gasteiger partial charge in [-0.25, -0.2) is 4.98 Å². The molecular weight excluding hydrogens is 410 g/mol. The van der Waals surface area contributed by atoms with E-state index in [1.165, 1.54) is 5.56 Å². The van der Waals surface area contributed by atoms with Crippen molar-refractivity contribution in [1.29, 1.82) is 0 Å². The van der Waals surface area contributed by atoms with Crippen LogP contribution in [0.25, 0.3) is 0 Å². The first-order chi connectivity index (χ1) is 16.0. The maximum Gasteiger partial charge on any atom is 0.133 e. The Labute approximate surface area is 196 Å². The summed E-state index contributed by atoms with van der Waals surface area (Å²) in [5.41, 5.74) is 1.87. The van der Waals surface area contributed by atoms with E-state index >= 15 is 0 Å². The van der Waals surface area contributed by atoms with Gasteiger partial charge >= 0.3 is 0 Å². The summed E-state index contributed by atoms with van der Waals surface area (Å²) in [5, 5.41) is 12.2. The van der Waals surface area contributed by atoms with E-state index in [2.05, 4.69) is 33.9 Å². The summed E-state index contributed by atoms with van der Waals surface area (Å²) in [6.45, 7) is 5.25. The lowest BCUT2D eigenvalue weighted by Gasteiger charge is -2.54. The Morgan fingerprint density at radius 3 is 2.42 bits per heavy atom. The molecule has 5 heterocycles. The number of hydrogen-bond acceptors (Lipinski definition) is 5. The number of Topliss-reactive ketones (excluding diaryl/α,β-unsaturated/α-hetero) is 1. The second-order valence-electron chi connectivity index (χ2n) is 9.90. The number of aromatic nitrogens is 1. The Bertz CT molecular complexity index is 1050. The Kier molecular flexibility index (Phi) is 5.99. The lowest BCUT2D eigenvalue weighted by molar-refractivity contribution is -0.143. The quantitative estimate of drug-likeness (QED) is 0.718. The van der Waals surface area contributed by atoms with Crippen molar-refractivity contribution >= 4 is 11.6 Å². The van der Waals surface area contributed by atoms with E-state index in [0.29, 0.717) is 6.42 Å². The second kappa shape index (κ2) is 8.93. The van der Waals surface area contributed by atoms with E-state index in [4.69, 9.17) is 11.4 Å². The summed E-state index contributed by atoms with van der Waals surface area (Å²) in [4.78, 5) is 21.5. The van der Waals surface area contributed by atoms with Crippen LogP contribution in [0.2, 0.25) is 0 Å². The summed E-state index contributed by atoms with van der Waals surface area (Å²) in [5.74, 6) is 4.43. The van der Waals surface area contributed by atoms with Crippen LogP contribution in [0.15, 0.2) is 42.5 Å². The maximum atomic E-state index is 12.2. The van der Waals surface area contributed by atoms with E-state index in [1.54, 1.807) is 6.92 Å². The molecule has 0 amide bonds. The molecule has 5 heteroatoms. The largest absolute Gasteiger partial charge is 0.382 e. The molecule has 4 fully saturated rings.